The summed E-state index contributed by atoms with van der Waals surface area (Å²) in [5.41, 5.74) is 1.06. The van der Waals surface area contributed by atoms with Gasteiger partial charge in [-0.05, 0) is 53.9 Å². The fraction of sp³-hybridized carbons (Fsp3) is 0.100. The van der Waals surface area contributed by atoms with Gasteiger partial charge in [0.25, 0.3) is 0 Å². The van der Waals surface area contributed by atoms with Crippen LogP contribution in [0.2, 0.25) is 0 Å². The van der Waals surface area contributed by atoms with Crippen molar-refractivity contribution in [3.63, 3.8) is 0 Å². The van der Waals surface area contributed by atoms with Gasteiger partial charge in [-0.25, -0.2) is 13.6 Å². The number of aromatic carboxylic acids is 1. The van der Waals surface area contributed by atoms with E-state index in [1.807, 2.05) is 0 Å². The Hall–Kier alpha value is -2.86. The molecule has 132 valence electrons. The molecule has 0 unspecified atom stereocenters. The number of carboxylic acids is 1. The summed E-state index contributed by atoms with van der Waals surface area (Å²) >= 11 is 1.10. The molecule has 0 aliphatic rings. The van der Waals surface area contributed by atoms with Gasteiger partial charge in [-0.1, -0.05) is 18.2 Å². The lowest BCUT2D eigenvalue weighted by Crippen LogP contribution is -2.04. The van der Waals surface area contributed by atoms with Gasteiger partial charge in [0.05, 0.1) is 5.56 Å². The molecule has 0 atom stereocenters. The van der Waals surface area contributed by atoms with Crippen LogP contribution in [0.3, 0.4) is 0 Å². The van der Waals surface area contributed by atoms with Crippen LogP contribution in [0.4, 0.5) is 8.78 Å². The number of rotatable bonds is 6. The van der Waals surface area contributed by atoms with E-state index in [4.69, 9.17) is 5.11 Å². The van der Waals surface area contributed by atoms with Crippen molar-refractivity contribution in [3.8, 4) is 11.1 Å². The number of carbonyl (C=O) groups excluding carboxylic acids is 1. The SMILES string of the molecule is O=C(O)c1ccc(CCC(=O)c2cc(-c3cccc(F)c3)ccc2F)s1. The summed E-state index contributed by atoms with van der Waals surface area (Å²) in [7, 11) is 0. The Morgan fingerprint density at radius 3 is 2.42 bits per heavy atom. The van der Waals surface area contributed by atoms with E-state index in [-0.39, 0.29) is 22.6 Å². The topological polar surface area (TPSA) is 54.4 Å². The van der Waals surface area contributed by atoms with E-state index in [9.17, 15) is 18.4 Å². The van der Waals surface area contributed by atoms with Crippen molar-refractivity contribution in [2.75, 3.05) is 0 Å². The van der Waals surface area contributed by atoms with Crippen LogP contribution < -0.4 is 0 Å². The first-order valence-corrected chi connectivity index (χ1v) is 8.66. The van der Waals surface area contributed by atoms with E-state index in [2.05, 4.69) is 0 Å². The third-order valence-corrected chi connectivity index (χ3v) is 5.03. The fourth-order valence-electron chi connectivity index (χ4n) is 2.59. The summed E-state index contributed by atoms with van der Waals surface area (Å²) in [5, 5.41) is 8.92. The lowest BCUT2D eigenvalue weighted by molar-refractivity contribution is 0.0702. The zero-order valence-electron chi connectivity index (χ0n) is 13.5. The molecule has 0 bridgehead atoms. The number of ketones is 1. The van der Waals surface area contributed by atoms with Gasteiger partial charge in [-0.3, -0.25) is 4.79 Å². The first-order valence-electron chi connectivity index (χ1n) is 7.85. The normalized spacial score (nSPS) is 10.7. The Morgan fingerprint density at radius 1 is 0.962 bits per heavy atom. The van der Waals surface area contributed by atoms with Crippen LogP contribution in [-0.2, 0) is 6.42 Å². The molecule has 1 N–H and O–H groups in total. The molecular formula is C20H14F2O3S. The molecule has 2 aromatic carbocycles. The van der Waals surface area contributed by atoms with Crippen LogP contribution in [-0.4, -0.2) is 16.9 Å². The first-order chi connectivity index (χ1) is 12.4. The number of aryl methyl sites for hydroxylation is 1. The van der Waals surface area contributed by atoms with Crippen molar-refractivity contribution in [2.45, 2.75) is 12.8 Å². The molecule has 1 heterocycles. The molecule has 0 radical (unpaired) electrons. The van der Waals surface area contributed by atoms with Gasteiger partial charge in [0.15, 0.2) is 5.78 Å². The molecule has 0 fully saturated rings. The summed E-state index contributed by atoms with van der Waals surface area (Å²) in [4.78, 5) is 24.2. The summed E-state index contributed by atoms with van der Waals surface area (Å²) in [5.74, 6) is -2.44. The van der Waals surface area contributed by atoms with Crippen LogP contribution in [0, 0.1) is 11.6 Å². The average molecular weight is 372 g/mol. The van der Waals surface area contributed by atoms with Gasteiger partial charge in [-0.2, -0.15) is 0 Å². The van der Waals surface area contributed by atoms with Crippen molar-refractivity contribution in [2.24, 2.45) is 0 Å². The molecule has 3 aromatic rings. The molecule has 26 heavy (non-hydrogen) atoms. The van der Waals surface area contributed by atoms with Crippen LogP contribution in [0.1, 0.15) is 31.3 Å². The highest BCUT2D eigenvalue weighted by molar-refractivity contribution is 7.13. The van der Waals surface area contributed by atoms with E-state index in [0.29, 0.717) is 17.5 Å². The molecule has 0 aliphatic heterocycles. The number of thiophene rings is 1. The highest BCUT2D eigenvalue weighted by atomic mass is 32.1. The van der Waals surface area contributed by atoms with Crippen molar-refractivity contribution in [3.05, 3.63) is 81.5 Å². The summed E-state index contributed by atoms with van der Waals surface area (Å²) in [6.07, 6.45) is 0.392. The summed E-state index contributed by atoms with van der Waals surface area (Å²) in [6, 6.07) is 13.1. The highest BCUT2D eigenvalue weighted by Crippen LogP contribution is 2.25. The monoisotopic (exact) mass is 372 g/mol. The van der Waals surface area contributed by atoms with Crippen LogP contribution in [0.25, 0.3) is 11.1 Å². The fourth-order valence-corrected chi connectivity index (χ4v) is 3.43. The van der Waals surface area contributed by atoms with E-state index in [1.54, 1.807) is 18.2 Å². The lowest BCUT2D eigenvalue weighted by Gasteiger charge is -2.07. The minimum atomic E-state index is -1.01. The zero-order chi connectivity index (χ0) is 18.7. The van der Waals surface area contributed by atoms with Crippen LogP contribution in [0.5, 0.6) is 0 Å². The number of benzene rings is 2. The highest BCUT2D eigenvalue weighted by Gasteiger charge is 2.15. The second-order valence-corrected chi connectivity index (χ2v) is 6.87. The minimum Gasteiger partial charge on any atom is -0.477 e. The number of halogens is 2. The van der Waals surface area contributed by atoms with E-state index < -0.39 is 17.6 Å². The smallest absolute Gasteiger partial charge is 0.345 e. The molecule has 0 amide bonds. The maximum atomic E-state index is 14.1. The van der Waals surface area contributed by atoms with Gasteiger partial charge < -0.3 is 5.11 Å². The molecule has 3 nitrogen and oxygen atoms in total. The summed E-state index contributed by atoms with van der Waals surface area (Å²) < 4.78 is 27.5. The maximum Gasteiger partial charge on any atom is 0.345 e. The Balaban J connectivity index is 1.78. The van der Waals surface area contributed by atoms with Crippen molar-refractivity contribution >= 4 is 23.1 Å². The third-order valence-electron chi connectivity index (χ3n) is 3.90. The predicted octanol–water partition coefficient (Wildman–Crippen LogP) is 5.21. The van der Waals surface area contributed by atoms with E-state index >= 15 is 0 Å². The predicted molar refractivity (Wildman–Crippen MR) is 95.7 cm³/mol. The van der Waals surface area contributed by atoms with Gasteiger partial charge in [0.1, 0.15) is 16.5 Å². The number of hydrogen-bond donors (Lipinski definition) is 1. The average Bonchev–Trinajstić information content (AvgIpc) is 3.09. The molecule has 0 spiro atoms. The van der Waals surface area contributed by atoms with Gasteiger partial charge >= 0.3 is 5.97 Å². The molecule has 0 saturated heterocycles. The largest absolute Gasteiger partial charge is 0.477 e. The third kappa shape index (κ3) is 4.03. The van der Waals surface area contributed by atoms with Crippen molar-refractivity contribution in [1.29, 1.82) is 0 Å². The molecular weight excluding hydrogens is 358 g/mol. The van der Waals surface area contributed by atoms with Crippen LogP contribution >= 0.6 is 11.3 Å². The summed E-state index contributed by atoms with van der Waals surface area (Å²) in [6.45, 7) is 0. The van der Waals surface area contributed by atoms with Crippen LogP contribution in [0.15, 0.2) is 54.6 Å². The van der Waals surface area contributed by atoms with Gasteiger partial charge in [-0.15, -0.1) is 11.3 Å². The molecule has 1 aromatic heterocycles. The zero-order valence-corrected chi connectivity index (χ0v) is 14.4. The van der Waals surface area contributed by atoms with E-state index in [0.717, 1.165) is 16.2 Å². The quantitative estimate of drug-likeness (QED) is 0.605. The number of Topliss-reactive ketones (excluding diaryl/α,β-unsaturated/α-hetero) is 1. The molecule has 0 aliphatic carbocycles. The first kappa shape index (κ1) is 17.9. The number of carboxylic acid groups (broad SMARTS) is 1. The van der Waals surface area contributed by atoms with E-state index in [1.165, 1.54) is 36.4 Å². The lowest BCUT2D eigenvalue weighted by atomic mass is 9.99. The molecule has 6 heteroatoms. The second-order valence-electron chi connectivity index (χ2n) is 5.70. The van der Waals surface area contributed by atoms with Crippen molar-refractivity contribution < 1.29 is 23.5 Å². The Kier molecular flexibility index (Phi) is 5.23. The van der Waals surface area contributed by atoms with Crippen molar-refractivity contribution in [1.82, 2.24) is 0 Å². The second kappa shape index (κ2) is 7.58. The van der Waals surface area contributed by atoms with Gasteiger partial charge in [0, 0.05) is 11.3 Å². The minimum absolute atomic E-state index is 0.0539. The number of hydrogen-bond acceptors (Lipinski definition) is 3. The molecule has 3 rings (SSSR count). The Morgan fingerprint density at radius 2 is 1.73 bits per heavy atom. The molecule has 0 saturated carbocycles. The number of carbonyl (C=O) groups is 2. The Labute approximate surface area is 152 Å². The standard InChI is InChI=1S/C20H14F2O3S/c21-14-3-1-2-12(10-14)13-4-7-17(22)16(11-13)18(23)8-5-15-6-9-19(26-15)20(24)25/h1-4,6-7,9-11H,5,8H2,(H,24,25). The Bertz CT molecular complexity index is 979. The van der Waals surface area contributed by atoms with Gasteiger partial charge in [0.2, 0.25) is 0 Å². The maximum absolute atomic E-state index is 14.1.